The number of carbonyl (C=O) groups is 1. The predicted molar refractivity (Wildman–Crippen MR) is 81.9 cm³/mol. The molecule has 0 aliphatic carbocycles. The van der Waals surface area contributed by atoms with E-state index in [0.717, 1.165) is 0 Å². The van der Waals surface area contributed by atoms with Gasteiger partial charge < -0.3 is 10.2 Å². The highest BCUT2D eigenvalue weighted by Crippen LogP contribution is 2.25. The number of nitrogens with one attached hydrogen (secondary N) is 2. The first-order valence-corrected chi connectivity index (χ1v) is 7.40. The number of benzene rings is 1. The van der Waals surface area contributed by atoms with Crippen LogP contribution in [0, 0.1) is 5.82 Å². The fourth-order valence-corrected chi connectivity index (χ4v) is 2.98. The Morgan fingerprint density at radius 3 is 2.64 bits per heavy atom. The smallest absolute Gasteiger partial charge is 0.257 e. The lowest BCUT2D eigenvalue weighted by Crippen LogP contribution is -2.55. The predicted octanol–water partition coefficient (Wildman–Crippen LogP) is 2.04. The van der Waals surface area contributed by atoms with Crippen molar-refractivity contribution in [2.45, 2.75) is 25.9 Å². The van der Waals surface area contributed by atoms with E-state index in [2.05, 4.69) is 15.5 Å². The standard InChI is InChI=1S/C16H19FN4O/c1-10-8-21(9-11(2)19-10)16(22)13-7-18-20-15(13)12-5-3-4-6-14(12)17/h3-7,10-11,19H,8-9H2,1-2H3,(H,18,20)/t10-,11+. The molecule has 0 radical (unpaired) electrons. The summed E-state index contributed by atoms with van der Waals surface area (Å²) >= 11 is 0. The largest absolute Gasteiger partial charge is 0.335 e. The van der Waals surface area contributed by atoms with Gasteiger partial charge in [0.2, 0.25) is 0 Å². The number of rotatable bonds is 2. The normalized spacial score (nSPS) is 21.9. The van der Waals surface area contributed by atoms with Gasteiger partial charge in [-0.1, -0.05) is 12.1 Å². The van der Waals surface area contributed by atoms with Gasteiger partial charge in [-0.25, -0.2) is 4.39 Å². The third kappa shape index (κ3) is 2.74. The Balaban J connectivity index is 1.92. The summed E-state index contributed by atoms with van der Waals surface area (Å²) in [5.41, 5.74) is 1.20. The van der Waals surface area contributed by atoms with Crippen molar-refractivity contribution in [3.8, 4) is 11.3 Å². The fraction of sp³-hybridized carbons (Fsp3) is 0.375. The molecular weight excluding hydrogens is 283 g/mol. The molecule has 2 aromatic rings. The molecule has 22 heavy (non-hydrogen) atoms. The monoisotopic (exact) mass is 302 g/mol. The number of carbonyl (C=O) groups excluding carboxylic acids is 1. The topological polar surface area (TPSA) is 61.0 Å². The van der Waals surface area contributed by atoms with E-state index in [0.29, 0.717) is 29.9 Å². The molecule has 2 N–H and O–H groups in total. The zero-order valence-electron chi connectivity index (χ0n) is 12.6. The summed E-state index contributed by atoms with van der Waals surface area (Å²) in [5.74, 6) is -0.491. The molecule has 1 aromatic carbocycles. The van der Waals surface area contributed by atoms with Crippen molar-refractivity contribution in [2.75, 3.05) is 13.1 Å². The molecule has 116 valence electrons. The molecular formula is C16H19FN4O. The summed E-state index contributed by atoms with van der Waals surface area (Å²) in [6, 6.07) is 6.84. The van der Waals surface area contributed by atoms with Crippen LogP contribution in [0.25, 0.3) is 11.3 Å². The lowest BCUT2D eigenvalue weighted by molar-refractivity contribution is 0.0674. The molecule has 1 saturated heterocycles. The highest BCUT2D eigenvalue weighted by atomic mass is 19.1. The minimum Gasteiger partial charge on any atom is -0.335 e. The van der Waals surface area contributed by atoms with Gasteiger partial charge in [-0.05, 0) is 26.0 Å². The number of hydrogen-bond donors (Lipinski definition) is 2. The number of aromatic nitrogens is 2. The second-order valence-corrected chi connectivity index (χ2v) is 5.82. The lowest BCUT2D eigenvalue weighted by Gasteiger charge is -2.36. The molecule has 6 heteroatoms. The van der Waals surface area contributed by atoms with Crippen molar-refractivity contribution in [2.24, 2.45) is 0 Å². The van der Waals surface area contributed by atoms with Gasteiger partial charge in [0, 0.05) is 30.7 Å². The quantitative estimate of drug-likeness (QED) is 0.892. The van der Waals surface area contributed by atoms with E-state index in [9.17, 15) is 9.18 Å². The molecule has 0 saturated carbocycles. The number of halogens is 1. The van der Waals surface area contributed by atoms with Gasteiger partial charge in [-0.15, -0.1) is 0 Å². The average molecular weight is 302 g/mol. The van der Waals surface area contributed by atoms with Gasteiger partial charge in [0.1, 0.15) is 5.82 Å². The molecule has 1 aliphatic heterocycles. The van der Waals surface area contributed by atoms with Gasteiger partial charge in [0.15, 0.2) is 0 Å². The zero-order valence-corrected chi connectivity index (χ0v) is 12.6. The number of amides is 1. The third-order valence-corrected chi connectivity index (χ3v) is 3.86. The van der Waals surface area contributed by atoms with Crippen molar-refractivity contribution >= 4 is 5.91 Å². The Morgan fingerprint density at radius 2 is 1.95 bits per heavy atom. The second kappa shape index (κ2) is 5.88. The zero-order chi connectivity index (χ0) is 15.7. The van der Waals surface area contributed by atoms with Crippen molar-refractivity contribution in [3.05, 3.63) is 41.8 Å². The summed E-state index contributed by atoms with van der Waals surface area (Å²) in [4.78, 5) is 14.6. The molecule has 1 amide bonds. The van der Waals surface area contributed by atoms with Gasteiger partial charge in [-0.3, -0.25) is 9.89 Å². The molecule has 0 bridgehead atoms. The van der Waals surface area contributed by atoms with E-state index in [1.165, 1.54) is 12.3 Å². The minimum absolute atomic E-state index is 0.118. The minimum atomic E-state index is -0.372. The van der Waals surface area contributed by atoms with Crippen LogP contribution in [-0.4, -0.2) is 46.2 Å². The van der Waals surface area contributed by atoms with Crippen LogP contribution in [-0.2, 0) is 0 Å². The average Bonchev–Trinajstić information content (AvgIpc) is 2.95. The van der Waals surface area contributed by atoms with Crippen LogP contribution in [0.2, 0.25) is 0 Å². The highest BCUT2D eigenvalue weighted by molar-refractivity contribution is 5.99. The van der Waals surface area contributed by atoms with Crippen LogP contribution >= 0.6 is 0 Å². The molecule has 5 nitrogen and oxygen atoms in total. The maximum absolute atomic E-state index is 14.0. The maximum atomic E-state index is 14.0. The van der Waals surface area contributed by atoms with Crippen LogP contribution in [0.15, 0.2) is 30.5 Å². The molecule has 0 spiro atoms. The van der Waals surface area contributed by atoms with Crippen LogP contribution in [0.5, 0.6) is 0 Å². The summed E-state index contributed by atoms with van der Waals surface area (Å²) in [6.07, 6.45) is 1.47. The molecule has 1 fully saturated rings. The maximum Gasteiger partial charge on any atom is 0.257 e. The molecule has 1 aromatic heterocycles. The van der Waals surface area contributed by atoms with E-state index in [1.54, 1.807) is 23.1 Å². The first-order valence-electron chi connectivity index (χ1n) is 7.40. The molecule has 3 rings (SSSR count). The molecule has 2 atom stereocenters. The summed E-state index contributed by atoms with van der Waals surface area (Å²) in [6.45, 7) is 5.35. The van der Waals surface area contributed by atoms with E-state index < -0.39 is 0 Å². The number of aromatic amines is 1. The Labute approximate surface area is 128 Å². The van der Waals surface area contributed by atoms with E-state index >= 15 is 0 Å². The van der Waals surface area contributed by atoms with Crippen LogP contribution < -0.4 is 5.32 Å². The lowest BCUT2D eigenvalue weighted by atomic mass is 10.1. The first-order chi connectivity index (χ1) is 10.6. The Morgan fingerprint density at radius 1 is 1.27 bits per heavy atom. The second-order valence-electron chi connectivity index (χ2n) is 5.82. The Kier molecular flexibility index (Phi) is 3.94. The van der Waals surface area contributed by atoms with Gasteiger partial charge in [-0.2, -0.15) is 5.10 Å². The summed E-state index contributed by atoms with van der Waals surface area (Å²) in [5, 5.41) is 10.1. The number of piperazine rings is 1. The fourth-order valence-electron chi connectivity index (χ4n) is 2.98. The van der Waals surface area contributed by atoms with Crippen molar-refractivity contribution < 1.29 is 9.18 Å². The van der Waals surface area contributed by atoms with Crippen molar-refractivity contribution in [1.29, 1.82) is 0 Å². The van der Waals surface area contributed by atoms with Crippen LogP contribution in [0.4, 0.5) is 4.39 Å². The van der Waals surface area contributed by atoms with Crippen LogP contribution in [0.3, 0.4) is 0 Å². The Hall–Kier alpha value is -2.21. The van der Waals surface area contributed by atoms with Crippen molar-refractivity contribution in [3.63, 3.8) is 0 Å². The number of H-pyrrole nitrogens is 1. The number of hydrogen-bond acceptors (Lipinski definition) is 3. The summed E-state index contributed by atoms with van der Waals surface area (Å²) in [7, 11) is 0. The van der Waals surface area contributed by atoms with Crippen molar-refractivity contribution in [1.82, 2.24) is 20.4 Å². The summed E-state index contributed by atoms with van der Waals surface area (Å²) < 4.78 is 14.0. The van der Waals surface area contributed by atoms with E-state index in [-0.39, 0.29) is 23.8 Å². The first kappa shape index (κ1) is 14.7. The third-order valence-electron chi connectivity index (χ3n) is 3.86. The SMILES string of the molecule is C[C@@H]1CN(C(=O)c2cn[nH]c2-c2ccccc2F)C[C@H](C)N1. The van der Waals surface area contributed by atoms with Crippen LogP contribution in [0.1, 0.15) is 24.2 Å². The van der Waals surface area contributed by atoms with Gasteiger partial charge >= 0.3 is 0 Å². The van der Waals surface area contributed by atoms with Gasteiger partial charge in [0.05, 0.1) is 17.5 Å². The molecule has 1 aliphatic rings. The van der Waals surface area contributed by atoms with Gasteiger partial charge in [0.25, 0.3) is 5.91 Å². The van der Waals surface area contributed by atoms with E-state index in [4.69, 9.17) is 0 Å². The molecule has 2 heterocycles. The molecule has 0 unspecified atom stereocenters. The van der Waals surface area contributed by atoms with E-state index in [1.807, 2.05) is 13.8 Å². The Bertz CT molecular complexity index is 674. The number of nitrogens with zero attached hydrogens (tertiary/aromatic N) is 2. The highest BCUT2D eigenvalue weighted by Gasteiger charge is 2.28.